The summed E-state index contributed by atoms with van der Waals surface area (Å²) in [5.74, 6) is -0.998. The molecule has 7 heteroatoms. The van der Waals surface area contributed by atoms with Gasteiger partial charge in [-0.25, -0.2) is 0 Å². The van der Waals surface area contributed by atoms with Crippen molar-refractivity contribution in [1.82, 2.24) is 0 Å². The van der Waals surface area contributed by atoms with Gasteiger partial charge in [-0.15, -0.1) is 0 Å². The summed E-state index contributed by atoms with van der Waals surface area (Å²) in [5.41, 5.74) is -1.87. The molecule has 7 nitrogen and oxygen atoms in total. The molecule has 1 fully saturated rings. The zero-order valence-corrected chi connectivity index (χ0v) is 10.4. The van der Waals surface area contributed by atoms with Crippen molar-refractivity contribution >= 4 is 0 Å². The van der Waals surface area contributed by atoms with Crippen LogP contribution in [0.25, 0.3) is 0 Å². The zero-order valence-electron chi connectivity index (χ0n) is 10.4. The topological polar surface area (TPSA) is 134 Å². The van der Waals surface area contributed by atoms with Crippen LogP contribution in [-0.2, 0) is 0 Å². The van der Waals surface area contributed by atoms with Crippen molar-refractivity contribution in [1.29, 1.82) is 5.26 Å². The van der Waals surface area contributed by atoms with Crippen molar-refractivity contribution in [2.75, 3.05) is 6.61 Å². The van der Waals surface area contributed by atoms with E-state index in [0.29, 0.717) is 5.56 Å². The molecule has 1 saturated carbocycles. The van der Waals surface area contributed by atoms with Gasteiger partial charge in [0.2, 0.25) is 6.29 Å². The number of benzene rings is 1. The molecule has 0 aliphatic heterocycles. The second-order valence-corrected chi connectivity index (χ2v) is 4.72. The Hall–Kier alpha value is -1.69. The quantitative estimate of drug-likeness (QED) is 0.416. The lowest BCUT2D eigenvalue weighted by atomic mass is 9.64. The molecular weight excluding hydrogens is 266 g/mol. The van der Waals surface area contributed by atoms with Gasteiger partial charge in [-0.3, -0.25) is 0 Å². The fraction of sp³-hybridized carbons (Fsp3) is 0.462. The molecular formula is C13H15NO6. The van der Waals surface area contributed by atoms with Gasteiger partial charge in [0.1, 0.15) is 11.9 Å². The second-order valence-electron chi connectivity index (χ2n) is 4.72. The normalized spacial score (nSPS) is 33.9. The Bertz CT molecular complexity index is 530. The maximum atomic E-state index is 10.2. The molecule has 0 aromatic heterocycles. The molecule has 0 bridgehead atoms. The lowest BCUT2D eigenvalue weighted by Gasteiger charge is -2.53. The Balaban J connectivity index is 2.15. The Kier molecular flexibility index (Phi) is 3.94. The van der Waals surface area contributed by atoms with Crippen LogP contribution in [-0.4, -0.2) is 56.2 Å². The van der Waals surface area contributed by atoms with Gasteiger partial charge in [-0.2, -0.15) is 5.26 Å². The van der Waals surface area contributed by atoms with E-state index in [4.69, 9.17) is 15.1 Å². The molecule has 1 aromatic rings. The van der Waals surface area contributed by atoms with Crippen LogP contribution >= 0.6 is 0 Å². The molecule has 0 heterocycles. The molecule has 1 aromatic carbocycles. The highest BCUT2D eigenvalue weighted by Gasteiger charge is 2.65. The van der Waals surface area contributed by atoms with E-state index in [1.165, 1.54) is 24.3 Å². The van der Waals surface area contributed by atoms with Crippen LogP contribution in [0.15, 0.2) is 24.3 Å². The van der Waals surface area contributed by atoms with Crippen LogP contribution in [0.4, 0.5) is 0 Å². The Labute approximate surface area is 114 Å². The third-order valence-corrected chi connectivity index (χ3v) is 3.61. The van der Waals surface area contributed by atoms with Crippen LogP contribution in [0.1, 0.15) is 5.56 Å². The van der Waals surface area contributed by atoms with E-state index in [9.17, 15) is 20.4 Å². The Morgan fingerprint density at radius 2 is 2.10 bits per heavy atom. The fourth-order valence-electron chi connectivity index (χ4n) is 2.31. The fourth-order valence-corrected chi connectivity index (χ4v) is 2.31. The lowest BCUT2D eigenvalue weighted by molar-refractivity contribution is -0.332. The van der Waals surface area contributed by atoms with Crippen molar-refractivity contribution in [3.63, 3.8) is 0 Å². The average molecular weight is 281 g/mol. The van der Waals surface area contributed by atoms with Gasteiger partial charge in [0.25, 0.3) is 0 Å². The summed E-state index contributed by atoms with van der Waals surface area (Å²) in [7, 11) is 0. The molecule has 20 heavy (non-hydrogen) atoms. The van der Waals surface area contributed by atoms with Crippen molar-refractivity contribution in [3.8, 4) is 11.8 Å². The summed E-state index contributed by atoms with van der Waals surface area (Å²) < 4.78 is 5.09. The summed E-state index contributed by atoms with van der Waals surface area (Å²) in [4.78, 5) is 0. The molecule has 5 atom stereocenters. The minimum absolute atomic E-state index is 0.121. The lowest BCUT2D eigenvalue weighted by Crippen LogP contribution is -2.76. The standard InChI is InChI=1S/C13H15NO6/c14-5-7-2-1-3-8(4-7)20-12(18)13(19)9(6-15)10(16)11(13)17/h1-4,9-12,15-19H,6H2. The highest BCUT2D eigenvalue weighted by Crippen LogP contribution is 2.42. The highest BCUT2D eigenvalue weighted by molar-refractivity contribution is 5.36. The molecule has 108 valence electrons. The number of hydrogen-bond acceptors (Lipinski definition) is 7. The minimum atomic E-state index is -2.17. The van der Waals surface area contributed by atoms with Crippen molar-refractivity contribution < 1.29 is 30.3 Å². The summed E-state index contributed by atoms with van der Waals surface area (Å²) in [6.07, 6.45) is -4.82. The first-order valence-electron chi connectivity index (χ1n) is 5.99. The minimum Gasteiger partial charge on any atom is -0.462 e. The van der Waals surface area contributed by atoms with Crippen LogP contribution in [0.2, 0.25) is 0 Å². The van der Waals surface area contributed by atoms with Crippen LogP contribution in [0.3, 0.4) is 0 Å². The molecule has 1 aliphatic rings. The van der Waals surface area contributed by atoms with Gasteiger partial charge in [-0.1, -0.05) is 6.07 Å². The van der Waals surface area contributed by atoms with E-state index in [-0.39, 0.29) is 5.75 Å². The van der Waals surface area contributed by atoms with Gasteiger partial charge >= 0.3 is 0 Å². The van der Waals surface area contributed by atoms with Crippen LogP contribution in [0, 0.1) is 17.2 Å². The Morgan fingerprint density at radius 1 is 1.40 bits per heavy atom. The number of aliphatic hydroxyl groups is 5. The third kappa shape index (κ3) is 2.14. The summed E-state index contributed by atoms with van der Waals surface area (Å²) in [5, 5.41) is 56.9. The summed E-state index contributed by atoms with van der Waals surface area (Å²) >= 11 is 0. The average Bonchev–Trinajstić information content (AvgIpc) is 2.47. The number of ether oxygens (including phenoxy) is 1. The molecule has 0 saturated heterocycles. The monoisotopic (exact) mass is 281 g/mol. The first-order chi connectivity index (χ1) is 9.44. The molecule has 5 unspecified atom stereocenters. The maximum Gasteiger partial charge on any atom is 0.229 e. The summed E-state index contributed by atoms with van der Waals surface area (Å²) in [6.45, 7) is -0.618. The SMILES string of the molecule is N#Cc1cccc(OC(O)C2(O)C(O)C(O)C2CO)c1. The first kappa shape index (κ1) is 14.7. The molecule has 5 N–H and O–H groups in total. The number of nitriles is 1. The van der Waals surface area contributed by atoms with Crippen LogP contribution in [0.5, 0.6) is 5.75 Å². The summed E-state index contributed by atoms with van der Waals surface area (Å²) in [6, 6.07) is 7.76. The first-order valence-corrected chi connectivity index (χ1v) is 5.99. The Morgan fingerprint density at radius 3 is 2.70 bits per heavy atom. The number of nitrogens with zero attached hydrogens (tertiary/aromatic N) is 1. The van der Waals surface area contributed by atoms with E-state index >= 15 is 0 Å². The number of hydrogen-bond donors (Lipinski definition) is 5. The van der Waals surface area contributed by atoms with Crippen molar-refractivity contribution in [3.05, 3.63) is 29.8 Å². The molecule has 1 aliphatic carbocycles. The van der Waals surface area contributed by atoms with E-state index in [0.717, 1.165) is 0 Å². The van der Waals surface area contributed by atoms with E-state index in [1.54, 1.807) is 0 Å². The third-order valence-electron chi connectivity index (χ3n) is 3.61. The van der Waals surface area contributed by atoms with Gasteiger partial charge in [0, 0.05) is 5.92 Å². The smallest absolute Gasteiger partial charge is 0.229 e. The number of rotatable bonds is 4. The van der Waals surface area contributed by atoms with Crippen LogP contribution < -0.4 is 4.74 Å². The maximum absolute atomic E-state index is 10.2. The van der Waals surface area contributed by atoms with Gasteiger partial charge in [0.15, 0.2) is 5.60 Å². The van der Waals surface area contributed by atoms with E-state index in [2.05, 4.69) is 0 Å². The molecule has 2 rings (SSSR count). The zero-order chi connectivity index (χ0) is 14.9. The molecule has 0 radical (unpaired) electrons. The second kappa shape index (κ2) is 5.36. The van der Waals surface area contributed by atoms with Crippen molar-refractivity contribution in [2.24, 2.45) is 5.92 Å². The highest BCUT2D eigenvalue weighted by atomic mass is 16.6. The molecule has 0 amide bonds. The van der Waals surface area contributed by atoms with E-state index < -0.39 is 36.6 Å². The predicted molar refractivity (Wildman–Crippen MR) is 65.3 cm³/mol. The van der Waals surface area contributed by atoms with E-state index in [1.807, 2.05) is 6.07 Å². The van der Waals surface area contributed by atoms with Crippen molar-refractivity contribution in [2.45, 2.75) is 24.1 Å². The predicted octanol–water partition coefficient (Wildman–Crippen LogP) is -1.67. The van der Waals surface area contributed by atoms with Gasteiger partial charge < -0.3 is 30.3 Å². The number of aliphatic hydroxyl groups excluding tert-OH is 4. The molecule has 0 spiro atoms. The van der Waals surface area contributed by atoms with Gasteiger partial charge in [0.05, 0.1) is 24.3 Å². The van der Waals surface area contributed by atoms with Gasteiger partial charge in [-0.05, 0) is 18.2 Å². The largest absolute Gasteiger partial charge is 0.462 e.